The molecule has 0 spiro atoms. The number of unbranched alkanes of at least 4 members (excludes halogenated alkanes) is 2. The van der Waals surface area contributed by atoms with Crippen LogP contribution in [-0.4, -0.2) is 11.2 Å². The Morgan fingerprint density at radius 1 is 1.31 bits per heavy atom. The van der Waals surface area contributed by atoms with E-state index in [0.717, 1.165) is 6.42 Å². The minimum atomic E-state index is -0.0295. The smallest absolute Gasteiger partial charge is 0.0593 e. The maximum atomic E-state index is 9.93. The fourth-order valence-corrected chi connectivity index (χ4v) is 2.45. The lowest BCUT2D eigenvalue weighted by atomic mass is 9.70. The number of hydrogen-bond donors (Lipinski definition) is 1. The molecule has 0 aliphatic heterocycles. The van der Waals surface area contributed by atoms with Gasteiger partial charge in [0.15, 0.2) is 0 Å². The van der Waals surface area contributed by atoms with Gasteiger partial charge in [0.25, 0.3) is 0 Å². The normalized spacial score (nSPS) is 34.8. The van der Waals surface area contributed by atoms with Gasteiger partial charge in [0.2, 0.25) is 0 Å². The molecule has 0 heterocycles. The van der Waals surface area contributed by atoms with Crippen molar-refractivity contribution in [1.29, 1.82) is 0 Å². The van der Waals surface area contributed by atoms with E-state index in [0.29, 0.717) is 0 Å². The third kappa shape index (κ3) is 2.98. The van der Waals surface area contributed by atoms with Crippen molar-refractivity contribution in [2.45, 2.75) is 71.3 Å². The summed E-state index contributed by atoms with van der Waals surface area (Å²) in [5.41, 5.74) is 0.243. The molecule has 0 amide bonds. The molecule has 2 atom stereocenters. The maximum Gasteiger partial charge on any atom is 0.0593 e. The molecule has 1 saturated carbocycles. The molecule has 0 aromatic heterocycles. The molecule has 1 heteroatoms. The quantitative estimate of drug-likeness (QED) is 0.663. The molecular formula is C12H24O. The molecule has 0 aromatic rings. The predicted molar refractivity (Wildman–Crippen MR) is 56.7 cm³/mol. The Morgan fingerprint density at radius 2 is 2.08 bits per heavy atom. The molecule has 78 valence electrons. The highest BCUT2D eigenvalue weighted by molar-refractivity contribution is 4.85. The van der Waals surface area contributed by atoms with E-state index in [4.69, 9.17) is 0 Å². The Balaban J connectivity index is 2.33. The number of rotatable bonds is 4. The Labute approximate surface area is 82.5 Å². The van der Waals surface area contributed by atoms with Gasteiger partial charge in [-0.15, -0.1) is 0 Å². The van der Waals surface area contributed by atoms with Gasteiger partial charge in [-0.05, 0) is 24.7 Å². The molecule has 0 aromatic carbocycles. The van der Waals surface area contributed by atoms with E-state index in [1.165, 1.54) is 44.9 Å². The van der Waals surface area contributed by atoms with Crippen LogP contribution < -0.4 is 0 Å². The molecule has 1 rings (SSSR count). The first-order valence-corrected chi connectivity index (χ1v) is 5.87. The first kappa shape index (κ1) is 11.0. The average molecular weight is 184 g/mol. The minimum absolute atomic E-state index is 0.0295. The van der Waals surface area contributed by atoms with E-state index in [-0.39, 0.29) is 11.5 Å². The van der Waals surface area contributed by atoms with Crippen LogP contribution in [0.1, 0.15) is 65.2 Å². The Kier molecular flexibility index (Phi) is 4.24. The van der Waals surface area contributed by atoms with Gasteiger partial charge in [-0.1, -0.05) is 46.0 Å². The van der Waals surface area contributed by atoms with Crippen LogP contribution in [0.2, 0.25) is 0 Å². The minimum Gasteiger partial charge on any atom is -0.393 e. The van der Waals surface area contributed by atoms with E-state index < -0.39 is 0 Å². The van der Waals surface area contributed by atoms with Crippen molar-refractivity contribution in [3.8, 4) is 0 Å². The van der Waals surface area contributed by atoms with Crippen LogP contribution in [0.25, 0.3) is 0 Å². The first-order valence-electron chi connectivity index (χ1n) is 5.87. The van der Waals surface area contributed by atoms with Crippen molar-refractivity contribution in [3.05, 3.63) is 0 Å². The molecule has 1 aliphatic rings. The molecule has 2 unspecified atom stereocenters. The van der Waals surface area contributed by atoms with Crippen molar-refractivity contribution in [1.82, 2.24) is 0 Å². The summed E-state index contributed by atoms with van der Waals surface area (Å²) in [5, 5.41) is 9.93. The molecule has 0 radical (unpaired) electrons. The number of aliphatic hydroxyl groups excluding tert-OH is 1. The van der Waals surface area contributed by atoms with Gasteiger partial charge in [0.05, 0.1) is 6.10 Å². The molecule has 13 heavy (non-hydrogen) atoms. The maximum absolute atomic E-state index is 9.93. The summed E-state index contributed by atoms with van der Waals surface area (Å²) in [6, 6.07) is 0. The van der Waals surface area contributed by atoms with Crippen LogP contribution in [0, 0.1) is 5.41 Å². The summed E-state index contributed by atoms with van der Waals surface area (Å²) in [6.07, 6.45) is 9.91. The molecule has 1 N–H and O–H groups in total. The van der Waals surface area contributed by atoms with Crippen LogP contribution in [0.15, 0.2) is 0 Å². The van der Waals surface area contributed by atoms with Crippen LogP contribution in [0.5, 0.6) is 0 Å². The molecule has 1 fully saturated rings. The van der Waals surface area contributed by atoms with Crippen LogP contribution in [-0.2, 0) is 0 Å². The van der Waals surface area contributed by atoms with Crippen LogP contribution in [0.4, 0.5) is 0 Å². The summed E-state index contributed by atoms with van der Waals surface area (Å²) < 4.78 is 0. The van der Waals surface area contributed by atoms with Crippen molar-refractivity contribution < 1.29 is 5.11 Å². The van der Waals surface area contributed by atoms with Gasteiger partial charge >= 0.3 is 0 Å². The Morgan fingerprint density at radius 3 is 2.69 bits per heavy atom. The number of aliphatic hydroxyl groups is 1. The van der Waals surface area contributed by atoms with Gasteiger partial charge in [-0.25, -0.2) is 0 Å². The zero-order chi connectivity index (χ0) is 9.73. The van der Waals surface area contributed by atoms with Crippen LogP contribution >= 0.6 is 0 Å². The van der Waals surface area contributed by atoms with Crippen molar-refractivity contribution in [3.63, 3.8) is 0 Å². The van der Waals surface area contributed by atoms with Gasteiger partial charge in [0.1, 0.15) is 0 Å². The summed E-state index contributed by atoms with van der Waals surface area (Å²) >= 11 is 0. The SMILES string of the molecule is CCCCCC1(C)CCCCC1O. The Bertz CT molecular complexity index is 144. The van der Waals surface area contributed by atoms with Crippen molar-refractivity contribution in [2.24, 2.45) is 5.41 Å². The fourth-order valence-electron chi connectivity index (χ4n) is 2.45. The highest BCUT2D eigenvalue weighted by atomic mass is 16.3. The number of hydrogen-bond acceptors (Lipinski definition) is 1. The van der Waals surface area contributed by atoms with Gasteiger partial charge in [-0.3, -0.25) is 0 Å². The molecule has 1 nitrogen and oxygen atoms in total. The largest absolute Gasteiger partial charge is 0.393 e. The van der Waals surface area contributed by atoms with Crippen molar-refractivity contribution >= 4 is 0 Å². The highest BCUT2D eigenvalue weighted by Crippen LogP contribution is 2.40. The molecule has 0 saturated heterocycles. The first-order chi connectivity index (χ1) is 6.19. The summed E-state index contributed by atoms with van der Waals surface area (Å²) in [4.78, 5) is 0. The third-order valence-electron chi connectivity index (χ3n) is 3.63. The Hall–Kier alpha value is -0.0400. The van der Waals surface area contributed by atoms with Crippen LogP contribution in [0.3, 0.4) is 0 Å². The second-order valence-corrected chi connectivity index (χ2v) is 4.87. The fraction of sp³-hybridized carbons (Fsp3) is 1.00. The lowest BCUT2D eigenvalue weighted by Crippen LogP contribution is -2.35. The molecule has 1 aliphatic carbocycles. The lowest BCUT2D eigenvalue weighted by molar-refractivity contribution is -0.00652. The van der Waals surface area contributed by atoms with Gasteiger partial charge in [-0.2, -0.15) is 0 Å². The summed E-state index contributed by atoms with van der Waals surface area (Å²) in [7, 11) is 0. The predicted octanol–water partition coefficient (Wildman–Crippen LogP) is 3.51. The van der Waals surface area contributed by atoms with E-state index >= 15 is 0 Å². The average Bonchev–Trinajstić information content (AvgIpc) is 2.11. The monoisotopic (exact) mass is 184 g/mol. The topological polar surface area (TPSA) is 20.2 Å². The zero-order valence-electron chi connectivity index (χ0n) is 9.18. The molecule has 0 bridgehead atoms. The lowest BCUT2D eigenvalue weighted by Gasteiger charge is -2.38. The zero-order valence-corrected chi connectivity index (χ0v) is 9.18. The second kappa shape index (κ2) is 4.99. The molecular weight excluding hydrogens is 160 g/mol. The van der Waals surface area contributed by atoms with E-state index in [1.807, 2.05) is 0 Å². The highest BCUT2D eigenvalue weighted by Gasteiger charge is 2.34. The third-order valence-corrected chi connectivity index (χ3v) is 3.63. The van der Waals surface area contributed by atoms with E-state index in [9.17, 15) is 5.11 Å². The van der Waals surface area contributed by atoms with Crippen molar-refractivity contribution in [2.75, 3.05) is 0 Å². The van der Waals surface area contributed by atoms with E-state index in [1.54, 1.807) is 0 Å². The van der Waals surface area contributed by atoms with Gasteiger partial charge in [0, 0.05) is 0 Å². The van der Waals surface area contributed by atoms with E-state index in [2.05, 4.69) is 13.8 Å². The standard InChI is InChI=1S/C12H24O/c1-3-4-6-9-12(2)10-7-5-8-11(12)13/h11,13H,3-10H2,1-2H3. The second-order valence-electron chi connectivity index (χ2n) is 4.87. The summed E-state index contributed by atoms with van der Waals surface area (Å²) in [6.45, 7) is 4.51. The summed E-state index contributed by atoms with van der Waals surface area (Å²) in [5.74, 6) is 0. The van der Waals surface area contributed by atoms with Gasteiger partial charge < -0.3 is 5.11 Å².